The standard InChI is InChI=1S/C22H16Cl2N2O4/c1-29-20-12-14(13-25-26-21(27)15-3-7-17(23)8-4-15)2-11-19(20)30-22(28)16-5-9-18(24)10-6-16/h2-13H,1H3,(H,26,27). The summed E-state index contributed by atoms with van der Waals surface area (Å²) >= 11 is 11.6. The first-order valence-electron chi connectivity index (χ1n) is 8.71. The van der Waals surface area contributed by atoms with Crippen molar-refractivity contribution in [1.29, 1.82) is 0 Å². The van der Waals surface area contributed by atoms with E-state index in [9.17, 15) is 9.59 Å². The second-order valence-electron chi connectivity index (χ2n) is 6.01. The van der Waals surface area contributed by atoms with Crippen LogP contribution in [0.25, 0.3) is 0 Å². The summed E-state index contributed by atoms with van der Waals surface area (Å²) < 4.78 is 10.7. The SMILES string of the molecule is COc1cc(C=NNC(=O)c2ccc(Cl)cc2)ccc1OC(=O)c1ccc(Cl)cc1. The maximum atomic E-state index is 12.3. The molecule has 0 heterocycles. The Hall–Kier alpha value is -3.35. The van der Waals surface area contributed by atoms with Crippen LogP contribution in [0.5, 0.6) is 11.5 Å². The lowest BCUT2D eigenvalue weighted by Gasteiger charge is -2.10. The van der Waals surface area contributed by atoms with Crippen molar-refractivity contribution in [2.24, 2.45) is 5.10 Å². The van der Waals surface area contributed by atoms with Crippen molar-refractivity contribution in [2.45, 2.75) is 0 Å². The van der Waals surface area contributed by atoms with Gasteiger partial charge in [-0.2, -0.15) is 5.10 Å². The molecular formula is C22H16Cl2N2O4. The maximum Gasteiger partial charge on any atom is 0.343 e. The van der Waals surface area contributed by atoms with Crippen LogP contribution in [0.2, 0.25) is 10.0 Å². The quantitative estimate of drug-likeness (QED) is 0.252. The molecule has 1 N–H and O–H groups in total. The topological polar surface area (TPSA) is 77.0 Å². The first kappa shape index (κ1) is 21.4. The molecule has 0 fully saturated rings. The zero-order chi connectivity index (χ0) is 21.5. The van der Waals surface area contributed by atoms with E-state index in [0.717, 1.165) is 0 Å². The molecule has 0 radical (unpaired) electrons. The van der Waals surface area contributed by atoms with Gasteiger partial charge in [-0.1, -0.05) is 23.2 Å². The Morgan fingerprint density at radius 1 is 0.867 bits per heavy atom. The highest BCUT2D eigenvalue weighted by molar-refractivity contribution is 6.31. The molecule has 3 rings (SSSR count). The van der Waals surface area contributed by atoms with Crippen molar-refractivity contribution in [3.05, 3.63) is 93.5 Å². The highest BCUT2D eigenvalue weighted by Gasteiger charge is 2.13. The number of esters is 1. The fourth-order valence-corrected chi connectivity index (χ4v) is 2.68. The number of hydrogen-bond acceptors (Lipinski definition) is 5. The minimum absolute atomic E-state index is 0.250. The van der Waals surface area contributed by atoms with Gasteiger partial charge in [0.1, 0.15) is 0 Å². The van der Waals surface area contributed by atoms with Crippen LogP contribution in [-0.4, -0.2) is 25.2 Å². The number of nitrogens with one attached hydrogen (secondary N) is 1. The molecule has 0 bridgehead atoms. The lowest BCUT2D eigenvalue weighted by atomic mass is 10.2. The summed E-state index contributed by atoms with van der Waals surface area (Å²) in [6, 6.07) is 17.7. The second-order valence-corrected chi connectivity index (χ2v) is 6.89. The predicted molar refractivity (Wildman–Crippen MR) is 116 cm³/mol. The molecule has 152 valence electrons. The van der Waals surface area contributed by atoms with E-state index < -0.39 is 5.97 Å². The van der Waals surface area contributed by atoms with E-state index in [1.165, 1.54) is 13.3 Å². The molecule has 8 heteroatoms. The Bertz CT molecular complexity index is 1080. The lowest BCUT2D eigenvalue weighted by molar-refractivity contribution is 0.0729. The monoisotopic (exact) mass is 442 g/mol. The van der Waals surface area contributed by atoms with E-state index in [1.54, 1.807) is 66.7 Å². The minimum Gasteiger partial charge on any atom is -0.493 e. The average Bonchev–Trinajstić information content (AvgIpc) is 2.75. The summed E-state index contributed by atoms with van der Waals surface area (Å²) in [6.45, 7) is 0. The number of nitrogens with zero attached hydrogens (tertiary/aromatic N) is 1. The van der Waals surface area contributed by atoms with E-state index in [-0.39, 0.29) is 11.7 Å². The molecule has 0 atom stereocenters. The van der Waals surface area contributed by atoms with Crippen molar-refractivity contribution >= 4 is 41.3 Å². The van der Waals surface area contributed by atoms with Crippen molar-refractivity contribution in [3.8, 4) is 11.5 Å². The number of hydrogen-bond donors (Lipinski definition) is 1. The van der Waals surface area contributed by atoms with Crippen LogP contribution in [0.15, 0.2) is 71.8 Å². The second kappa shape index (κ2) is 9.91. The molecular weight excluding hydrogens is 427 g/mol. The molecule has 3 aromatic carbocycles. The minimum atomic E-state index is -0.540. The Morgan fingerprint density at radius 2 is 1.47 bits per heavy atom. The molecule has 0 saturated carbocycles. The van der Waals surface area contributed by atoms with Crippen molar-refractivity contribution in [3.63, 3.8) is 0 Å². The van der Waals surface area contributed by atoms with Crippen molar-refractivity contribution in [1.82, 2.24) is 5.43 Å². The van der Waals surface area contributed by atoms with Gasteiger partial charge in [-0.05, 0) is 72.3 Å². The number of ether oxygens (including phenoxy) is 2. The van der Waals surface area contributed by atoms with E-state index in [1.807, 2.05) is 0 Å². The van der Waals surface area contributed by atoms with Crippen LogP contribution in [0.1, 0.15) is 26.3 Å². The molecule has 0 aliphatic heterocycles. The van der Waals surface area contributed by atoms with E-state index in [0.29, 0.717) is 32.5 Å². The predicted octanol–water partition coefficient (Wildman–Crippen LogP) is 4.99. The Morgan fingerprint density at radius 3 is 2.07 bits per heavy atom. The molecule has 3 aromatic rings. The summed E-state index contributed by atoms with van der Waals surface area (Å²) in [4.78, 5) is 24.3. The van der Waals surface area contributed by atoms with Crippen molar-refractivity contribution in [2.75, 3.05) is 7.11 Å². The Kier molecular flexibility index (Phi) is 7.06. The lowest BCUT2D eigenvalue weighted by Crippen LogP contribution is -2.17. The number of halogens is 2. The number of carbonyl (C=O) groups is 2. The van der Waals surface area contributed by atoms with Crippen LogP contribution in [0.4, 0.5) is 0 Å². The number of benzene rings is 3. The Balaban J connectivity index is 1.66. The van der Waals surface area contributed by atoms with Gasteiger partial charge in [-0.3, -0.25) is 4.79 Å². The summed E-state index contributed by atoms with van der Waals surface area (Å²) in [5.41, 5.74) is 3.85. The van der Waals surface area contributed by atoms with E-state index in [4.69, 9.17) is 32.7 Å². The van der Waals surface area contributed by atoms with Gasteiger partial charge in [0.2, 0.25) is 0 Å². The number of methoxy groups -OCH3 is 1. The molecule has 0 spiro atoms. The van der Waals surface area contributed by atoms with E-state index >= 15 is 0 Å². The maximum absolute atomic E-state index is 12.3. The molecule has 0 unspecified atom stereocenters. The summed E-state index contributed by atoms with van der Waals surface area (Å²) in [5.74, 6) is -0.324. The fourth-order valence-electron chi connectivity index (χ4n) is 2.42. The summed E-state index contributed by atoms with van der Waals surface area (Å²) in [5, 5.41) is 4.99. The number of carbonyl (C=O) groups excluding carboxylic acids is 2. The molecule has 30 heavy (non-hydrogen) atoms. The third-order valence-corrected chi connectivity index (χ3v) is 4.46. The van der Waals surface area contributed by atoms with Gasteiger partial charge >= 0.3 is 5.97 Å². The average molecular weight is 443 g/mol. The first-order valence-corrected chi connectivity index (χ1v) is 9.46. The number of hydrazone groups is 1. The van der Waals surface area contributed by atoms with Gasteiger partial charge < -0.3 is 9.47 Å². The van der Waals surface area contributed by atoms with Gasteiger partial charge in [0, 0.05) is 15.6 Å². The Labute approximate surface area is 183 Å². The van der Waals surface area contributed by atoms with Gasteiger partial charge in [0.05, 0.1) is 18.9 Å². The van der Waals surface area contributed by atoms with Crippen LogP contribution in [0.3, 0.4) is 0 Å². The molecule has 0 saturated heterocycles. The highest BCUT2D eigenvalue weighted by Crippen LogP contribution is 2.28. The summed E-state index contributed by atoms with van der Waals surface area (Å²) in [7, 11) is 1.46. The van der Waals surface area contributed by atoms with Gasteiger partial charge in [-0.25, -0.2) is 10.2 Å². The first-order chi connectivity index (χ1) is 14.5. The van der Waals surface area contributed by atoms with Gasteiger partial charge in [0.15, 0.2) is 11.5 Å². The molecule has 0 aliphatic carbocycles. The number of rotatable bonds is 6. The summed E-state index contributed by atoms with van der Waals surface area (Å²) in [6.07, 6.45) is 1.45. The fraction of sp³-hybridized carbons (Fsp3) is 0.0455. The van der Waals surface area contributed by atoms with Gasteiger partial charge in [-0.15, -0.1) is 0 Å². The third-order valence-electron chi connectivity index (χ3n) is 3.96. The van der Waals surface area contributed by atoms with E-state index in [2.05, 4.69) is 10.5 Å². The van der Waals surface area contributed by atoms with Crippen LogP contribution < -0.4 is 14.9 Å². The third kappa shape index (κ3) is 5.59. The van der Waals surface area contributed by atoms with Crippen LogP contribution >= 0.6 is 23.2 Å². The molecule has 0 aliphatic rings. The molecule has 0 aromatic heterocycles. The smallest absolute Gasteiger partial charge is 0.343 e. The number of amides is 1. The normalized spacial score (nSPS) is 10.6. The van der Waals surface area contributed by atoms with Crippen molar-refractivity contribution < 1.29 is 19.1 Å². The zero-order valence-electron chi connectivity index (χ0n) is 15.8. The zero-order valence-corrected chi connectivity index (χ0v) is 17.3. The highest BCUT2D eigenvalue weighted by atomic mass is 35.5. The van der Waals surface area contributed by atoms with Crippen LogP contribution in [-0.2, 0) is 0 Å². The van der Waals surface area contributed by atoms with Crippen LogP contribution in [0, 0.1) is 0 Å². The van der Waals surface area contributed by atoms with Gasteiger partial charge in [0.25, 0.3) is 5.91 Å². The molecule has 6 nitrogen and oxygen atoms in total. The molecule has 1 amide bonds. The largest absolute Gasteiger partial charge is 0.493 e.